The largest absolute Gasteiger partial charge is 0.354 e. The average molecular weight is 272 g/mol. The lowest BCUT2D eigenvalue weighted by molar-refractivity contribution is 0.0877. The summed E-state index contributed by atoms with van der Waals surface area (Å²) in [5.41, 5.74) is 0.946. The average Bonchev–Trinajstić information content (AvgIpc) is 2.54. The molecule has 20 heavy (non-hydrogen) atoms. The fraction of sp³-hybridized carbons (Fsp3) is 0.625. The maximum atomic E-state index is 8.81. The van der Waals surface area contributed by atoms with E-state index < -0.39 is 0 Å². The number of piperazine rings is 1. The molecule has 0 amide bonds. The lowest BCUT2D eigenvalue weighted by Gasteiger charge is -2.45. The molecular weight excluding hydrogens is 248 g/mol. The number of anilines is 1. The van der Waals surface area contributed by atoms with Gasteiger partial charge >= 0.3 is 0 Å². The van der Waals surface area contributed by atoms with Crippen molar-refractivity contribution >= 4 is 5.82 Å². The fourth-order valence-corrected chi connectivity index (χ4v) is 2.81. The second-order valence-corrected chi connectivity index (χ2v) is 5.70. The molecule has 4 heteroatoms. The van der Waals surface area contributed by atoms with Gasteiger partial charge in [-0.3, -0.25) is 4.90 Å². The Labute approximate surface area is 122 Å². The van der Waals surface area contributed by atoms with E-state index in [1.54, 1.807) is 6.20 Å². The van der Waals surface area contributed by atoms with Crippen molar-refractivity contribution in [2.45, 2.75) is 39.2 Å². The summed E-state index contributed by atoms with van der Waals surface area (Å²) in [5, 5.41) is 8.81. The van der Waals surface area contributed by atoms with Gasteiger partial charge in [-0.1, -0.05) is 13.8 Å². The van der Waals surface area contributed by atoms with E-state index >= 15 is 0 Å². The minimum Gasteiger partial charge on any atom is -0.354 e. The zero-order valence-corrected chi connectivity index (χ0v) is 12.8. The van der Waals surface area contributed by atoms with Crippen LogP contribution >= 0.6 is 0 Å². The molecule has 2 rings (SSSR count). The van der Waals surface area contributed by atoms with Crippen LogP contribution in [-0.2, 0) is 0 Å². The van der Waals surface area contributed by atoms with Crippen molar-refractivity contribution in [1.29, 1.82) is 5.26 Å². The maximum Gasteiger partial charge on any atom is 0.128 e. The summed E-state index contributed by atoms with van der Waals surface area (Å²) in [6, 6.07) is 5.91. The van der Waals surface area contributed by atoms with Crippen LogP contribution in [0.15, 0.2) is 18.3 Å². The minimum absolute atomic E-state index is 0.324. The number of aromatic nitrogens is 1. The summed E-state index contributed by atoms with van der Waals surface area (Å²) >= 11 is 0. The molecule has 4 nitrogen and oxygen atoms in total. The Morgan fingerprint density at radius 3 is 2.30 bits per heavy atom. The second kappa shape index (κ2) is 6.23. The molecule has 1 aliphatic heterocycles. The summed E-state index contributed by atoms with van der Waals surface area (Å²) in [6.45, 7) is 11.1. The van der Waals surface area contributed by atoms with E-state index in [9.17, 15) is 0 Å². The third kappa shape index (κ3) is 2.94. The molecule has 2 heterocycles. The first kappa shape index (κ1) is 14.8. The molecule has 1 aliphatic rings. The van der Waals surface area contributed by atoms with Gasteiger partial charge in [-0.2, -0.15) is 5.26 Å². The Morgan fingerprint density at radius 2 is 1.85 bits per heavy atom. The van der Waals surface area contributed by atoms with Gasteiger partial charge in [-0.05, 0) is 31.9 Å². The van der Waals surface area contributed by atoms with Crippen LogP contribution in [0.1, 0.15) is 39.2 Å². The van der Waals surface area contributed by atoms with Gasteiger partial charge in [-0.15, -0.1) is 0 Å². The van der Waals surface area contributed by atoms with Gasteiger partial charge in [0.25, 0.3) is 0 Å². The predicted molar refractivity (Wildman–Crippen MR) is 81.7 cm³/mol. The summed E-state index contributed by atoms with van der Waals surface area (Å²) in [5.74, 6) is 0.985. The molecule has 1 fully saturated rings. The van der Waals surface area contributed by atoms with E-state index in [0.29, 0.717) is 11.1 Å². The number of pyridine rings is 1. The Balaban J connectivity index is 1.99. The van der Waals surface area contributed by atoms with Crippen molar-refractivity contribution in [3.63, 3.8) is 0 Å². The number of nitrogens with zero attached hydrogens (tertiary/aromatic N) is 4. The zero-order chi connectivity index (χ0) is 14.6. The minimum atomic E-state index is 0.324. The van der Waals surface area contributed by atoms with E-state index in [4.69, 9.17) is 5.26 Å². The number of hydrogen-bond acceptors (Lipinski definition) is 4. The van der Waals surface area contributed by atoms with E-state index in [1.165, 1.54) is 12.8 Å². The Kier molecular flexibility index (Phi) is 4.61. The van der Waals surface area contributed by atoms with Crippen LogP contribution in [0, 0.1) is 11.3 Å². The molecule has 1 aromatic heterocycles. The van der Waals surface area contributed by atoms with Crippen molar-refractivity contribution in [3.8, 4) is 6.07 Å². The van der Waals surface area contributed by atoms with Crippen LogP contribution in [0.3, 0.4) is 0 Å². The maximum absolute atomic E-state index is 8.81. The van der Waals surface area contributed by atoms with Gasteiger partial charge in [0, 0.05) is 37.9 Å². The van der Waals surface area contributed by atoms with Crippen LogP contribution in [0.4, 0.5) is 5.82 Å². The molecule has 0 aromatic carbocycles. The third-order valence-corrected chi connectivity index (χ3v) is 4.77. The standard InChI is InChI=1S/C16H24N4/c1-4-16(3,5-2)20-10-8-19(9-11-20)15-7-6-14(12-17)13-18-15/h6-7,13H,4-5,8-11H2,1-3H3. The molecule has 1 saturated heterocycles. The van der Waals surface area contributed by atoms with Crippen LogP contribution < -0.4 is 4.90 Å². The first-order valence-electron chi connectivity index (χ1n) is 7.49. The van der Waals surface area contributed by atoms with Gasteiger partial charge in [-0.25, -0.2) is 4.98 Å². The van der Waals surface area contributed by atoms with Crippen LogP contribution in [0.25, 0.3) is 0 Å². The van der Waals surface area contributed by atoms with E-state index in [-0.39, 0.29) is 0 Å². The molecule has 0 saturated carbocycles. The highest BCUT2D eigenvalue weighted by Gasteiger charge is 2.31. The molecule has 108 valence electrons. The molecule has 0 radical (unpaired) electrons. The van der Waals surface area contributed by atoms with Crippen molar-refractivity contribution in [2.75, 3.05) is 31.1 Å². The topological polar surface area (TPSA) is 43.2 Å². The first-order chi connectivity index (χ1) is 9.62. The SMILES string of the molecule is CCC(C)(CC)N1CCN(c2ccc(C#N)cn2)CC1. The summed E-state index contributed by atoms with van der Waals surface area (Å²) in [4.78, 5) is 9.30. The Hall–Kier alpha value is -1.60. The van der Waals surface area contributed by atoms with Gasteiger partial charge in [0.2, 0.25) is 0 Å². The molecule has 0 bridgehead atoms. The molecular formula is C16H24N4. The fourth-order valence-electron chi connectivity index (χ4n) is 2.81. The first-order valence-corrected chi connectivity index (χ1v) is 7.49. The number of nitriles is 1. The van der Waals surface area contributed by atoms with E-state index in [2.05, 4.69) is 41.6 Å². The van der Waals surface area contributed by atoms with Crippen LogP contribution in [0.2, 0.25) is 0 Å². The highest BCUT2D eigenvalue weighted by atomic mass is 15.3. The van der Waals surface area contributed by atoms with Gasteiger partial charge in [0.15, 0.2) is 0 Å². The van der Waals surface area contributed by atoms with Crippen molar-refractivity contribution in [1.82, 2.24) is 9.88 Å². The predicted octanol–water partition coefficient (Wildman–Crippen LogP) is 2.65. The van der Waals surface area contributed by atoms with Crippen LogP contribution in [0.5, 0.6) is 0 Å². The lowest BCUT2D eigenvalue weighted by atomic mass is 9.92. The second-order valence-electron chi connectivity index (χ2n) is 5.70. The highest BCUT2D eigenvalue weighted by molar-refractivity contribution is 5.42. The molecule has 1 aromatic rings. The smallest absolute Gasteiger partial charge is 0.128 e. The third-order valence-electron chi connectivity index (χ3n) is 4.77. The lowest BCUT2D eigenvalue weighted by Crippen LogP contribution is -2.55. The monoisotopic (exact) mass is 272 g/mol. The van der Waals surface area contributed by atoms with Gasteiger partial charge in [0.05, 0.1) is 5.56 Å². The Morgan fingerprint density at radius 1 is 1.20 bits per heavy atom. The molecule has 0 spiro atoms. The van der Waals surface area contributed by atoms with Crippen molar-refractivity contribution < 1.29 is 0 Å². The van der Waals surface area contributed by atoms with E-state index in [0.717, 1.165) is 32.0 Å². The zero-order valence-electron chi connectivity index (χ0n) is 12.8. The summed E-state index contributed by atoms with van der Waals surface area (Å²) < 4.78 is 0. The van der Waals surface area contributed by atoms with Gasteiger partial charge in [0.1, 0.15) is 11.9 Å². The number of hydrogen-bond donors (Lipinski definition) is 0. The van der Waals surface area contributed by atoms with Gasteiger partial charge < -0.3 is 4.90 Å². The van der Waals surface area contributed by atoms with E-state index in [1.807, 2.05) is 12.1 Å². The molecule has 0 aliphatic carbocycles. The molecule has 0 atom stereocenters. The van der Waals surface area contributed by atoms with Crippen LogP contribution in [-0.4, -0.2) is 41.6 Å². The highest BCUT2D eigenvalue weighted by Crippen LogP contribution is 2.25. The molecule has 0 unspecified atom stereocenters. The van der Waals surface area contributed by atoms with Crippen molar-refractivity contribution in [3.05, 3.63) is 23.9 Å². The number of rotatable bonds is 4. The summed E-state index contributed by atoms with van der Waals surface area (Å²) in [6.07, 6.45) is 4.04. The van der Waals surface area contributed by atoms with Crippen molar-refractivity contribution in [2.24, 2.45) is 0 Å². The Bertz CT molecular complexity index is 462. The quantitative estimate of drug-likeness (QED) is 0.845. The summed E-state index contributed by atoms with van der Waals surface area (Å²) in [7, 11) is 0. The normalized spacial score (nSPS) is 17.0. The molecule has 0 N–H and O–H groups in total.